The summed E-state index contributed by atoms with van der Waals surface area (Å²) in [6, 6.07) is 16.3. The van der Waals surface area contributed by atoms with Crippen molar-refractivity contribution >= 4 is 34.4 Å². The number of para-hydroxylation sites is 1. The lowest BCUT2D eigenvalue weighted by Gasteiger charge is -2.36. The van der Waals surface area contributed by atoms with Crippen LogP contribution in [0, 0.1) is 18.7 Å². The number of alkyl halides is 1. The Morgan fingerprint density at radius 2 is 1.93 bits per heavy atom. The summed E-state index contributed by atoms with van der Waals surface area (Å²) in [5.41, 5.74) is 5.04. The van der Waals surface area contributed by atoms with Gasteiger partial charge in [0.2, 0.25) is 0 Å². The minimum atomic E-state index is -0.829. The first-order valence-electron chi connectivity index (χ1n) is 15.6. The van der Waals surface area contributed by atoms with Gasteiger partial charge in [0.1, 0.15) is 24.0 Å². The summed E-state index contributed by atoms with van der Waals surface area (Å²) in [7, 11) is 1.56. The van der Waals surface area contributed by atoms with E-state index in [1.807, 2.05) is 49.4 Å². The first-order chi connectivity index (χ1) is 21.3. The van der Waals surface area contributed by atoms with Crippen molar-refractivity contribution in [1.29, 1.82) is 0 Å². The number of benzene rings is 2. The molecule has 1 saturated heterocycles. The van der Waals surface area contributed by atoms with E-state index >= 15 is 4.39 Å². The van der Waals surface area contributed by atoms with Gasteiger partial charge in [-0.15, -0.1) is 0 Å². The van der Waals surface area contributed by atoms with E-state index < -0.39 is 18.0 Å². The van der Waals surface area contributed by atoms with Crippen LogP contribution in [0.3, 0.4) is 0 Å². The zero-order valence-corrected chi connectivity index (χ0v) is 28.1. The number of aromatic nitrogens is 1. The van der Waals surface area contributed by atoms with Crippen LogP contribution in [-0.4, -0.2) is 70.8 Å². The molecule has 236 valence electrons. The number of halogens is 2. The Kier molecular flexibility index (Phi) is 11.1. The standard InChI is InChI=1S/C35H43FIN3O4/c1-4-26(13-17-37)39-18-14-24-11-12-25(33(36)27(24)15-19-39)22-44-34-23(2)7-5-8-28(34)30-9-6-10-32(38-30)40-20-16-29(35(41)42)31(21-40)43-3/h5-12,26,29,31H,4,13-22H2,1-3H3,(H,41,42)/t26?,29-,31+/m1/s1. The van der Waals surface area contributed by atoms with Crippen molar-refractivity contribution in [3.05, 3.63) is 76.6 Å². The summed E-state index contributed by atoms with van der Waals surface area (Å²) < 4.78 is 29.0. The van der Waals surface area contributed by atoms with Gasteiger partial charge in [-0.3, -0.25) is 9.69 Å². The third-order valence-corrected chi connectivity index (χ3v) is 9.89. The van der Waals surface area contributed by atoms with Crippen LogP contribution in [0.2, 0.25) is 0 Å². The molecule has 1 fully saturated rings. The molecule has 0 amide bonds. The molecule has 1 aromatic heterocycles. The quantitative estimate of drug-likeness (QED) is 0.175. The van der Waals surface area contributed by atoms with Gasteiger partial charge in [0.25, 0.3) is 0 Å². The van der Waals surface area contributed by atoms with Crippen molar-refractivity contribution in [2.45, 2.75) is 64.7 Å². The Morgan fingerprint density at radius 3 is 2.68 bits per heavy atom. The van der Waals surface area contributed by atoms with Crippen LogP contribution in [0.25, 0.3) is 11.3 Å². The first kappa shape index (κ1) is 32.6. The predicted molar refractivity (Wildman–Crippen MR) is 180 cm³/mol. The summed E-state index contributed by atoms with van der Waals surface area (Å²) in [4.78, 5) is 21.2. The maximum Gasteiger partial charge on any atom is 0.309 e. The average Bonchev–Trinajstić information content (AvgIpc) is 3.26. The molecule has 0 bridgehead atoms. The molecule has 5 rings (SSSR count). The molecule has 2 aliphatic heterocycles. The molecule has 1 N–H and O–H groups in total. The topological polar surface area (TPSA) is 75.1 Å². The highest BCUT2D eigenvalue weighted by atomic mass is 127. The number of piperidine rings is 1. The fourth-order valence-corrected chi connectivity index (χ4v) is 7.40. The van der Waals surface area contributed by atoms with Gasteiger partial charge in [-0.05, 0) is 73.9 Å². The lowest BCUT2D eigenvalue weighted by atomic mass is 9.94. The highest BCUT2D eigenvalue weighted by Crippen LogP contribution is 2.35. The van der Waals surface area contributed by atoms with Gasteiger partial charge in [-0.1, -0.05) is 59.8 Å². The number of rotatable bonds is 11. The number of carboxylic acids is 1. The van der Waals surface area contributed by atoms with E-state index in [-0.39, 0.29) is 12.4 Å². The molecule has 44 heavy (non-hydrogen) atoms. The summed E-state index contributed by atoms with van der Waals surface area (Å²) >= 11 is 2.45. The Morgan fingerprint density at radius 1 is 1.14 bits per heavy atom. The van der Waals surface area contributed by atoms with Crippen molar-refractivity contribution in [1.82, 2.24) is 9.88 Å². The number of carbonyl (C=O) groups is 1. The second-order valence-corrected chi connectivity index (χ2v) is 12.9. The third kappa shape index (κ3) is 7.21. The van der Waals surface area contributed by atoms with Crippen LogP contribution in [0.5, 0.6) is 5.75 Å². The zero-order valence-electron chi connectivity index (χ0n) is 25.9. The second-order valence-electron chi connectivity index (χ2n) is 11.8. The van der Waals surface area contributed by atoms with Gasteiger partial charge in [0.15, 0.2) is 0 Å². The van der Waals surface area contributed by atoms with Crippen molar-refractivity contribution in [2.24, 2.45) is 5.92 Å². The number of methoxy groups -OCH3 is 1. The summed E-state index contributed by atoms with van der Waals surface area (Å²) in [6.07, 6.45) is 3.95. The van der Waals surface area contributed by atoms with Gasteiger partial charge in [0, 0.05) is 54.9 Å². The summed E-state index contributed by atoms with van der Waals surface area (Å²) in [5.74, 6) is -0.0573. The fraction of sp³-hybridized carbons (Fsp3) is 0.486. The van der Waals surface area contributed by atoms with Gasteiger partial charge in [-0.2, -0.15) is 0 Å². The molecule has 3 heterocycles. The fourth-order valence-electron chi connectivity index (χ4n) is 6.68. The third-order valence-electron chi connectivity index (χ3n) is 9.26. The summed E-state index contributed by atoms with van der Waals surface area (Å²) in [5, 5.41) is 9.57. The minimum Gasteiger partial charge on any atom is -0.488 e. The van der Waals surface area contributed by atoms with Crippen LogP contribution in [-0.2, 0) is 29.0 Å². The van der Waals surface area contributed by atoms with Gasteiger partial charge in [-0.25, -0.2) is 9.37 Å². The number of ether oxygens (including phenoxy) is 2. The van der Waals surface area contributed by atoms with Crippen molar-refractivity contribution in [3.8, 4) is 17.0 Å². The molecule has 0 spiro atoms. The van der Waals surface area contributed by atoms with Crippen molar-refractivity contribution in [3.63, 3.8) is 0 Å². The predicted octanol–water partition coefficient (Wildman–Crippen LogP) is 6.71. The number of pyridine rings is 1. The van der Waals surface area contributed by atoms with Gasteiger partial charge < -0.3 is 19.5 Å². The molecule has 9 heteroatoms. The maximum atomic E-state index is 16.0. The van der Waals surface area contributed by atoms with Gasteiger partial charge >= 0.3 is 5.97 Å². The Bertz CT molecular complexity index is 1450. The molecule has 1 unspecified atom stereocenters. The number of nitrogens with zero attached hydrogens (tertiary/aromatic N) is 3. The molecule has 0 aliphatic carbocycles. The number of hydrogen-bond acceptors (Lipinski definition) is 6. The molecule has 3 aromatic rings. The molecular weight excluding hydrogens is 672 g/mol. The van der Waals surface area contributed by atoms with E-state index in [1.165, 1.54) is 6.42 Å². The number of fused-ring (bicyclic) bond motifs is 1. The average molecular weight is 716 g/mol. The smallest absolute Gasteiger partial charge is 0.309 e. The van der Waals surface area contributed by atoms with Crippen LogP contribution >= 0.6 is 22.6 Å². The van der Waals surface area contributed by atoms with Crippen LogP contribution in [0.1, 0.15) is 48.4 Å². The molecule has 2 aromatic carbocycles. The molecule has 0 radical (unpaired) electrons. The lowest BCUT2D eigenvalue weighted by Crippen LogP contribution is -2.47. The number of aryl methyl sites for hydroxylation is 1. The molecule has 0 saturated carbocycles. The molecule has 2 aliphatic rings. The normalized spacial score (nSPS) is 19.7. The SMILES string of the molecule is CCC(CCI)N1CCc2ccc(COc3c(C)cccc3-c3cccc(N4CC[C@@H](C(=O)O)[C@@H](OC)C4)n3)c(F)c2CC1. The first-order valence-corrected chi connectivity index (χ1v) is 17.2. The highest BCUT2D eigenvalue weighted by Gasteiger charge is 2.35. The van der Waals surface area contributed by atoms with Crippen LogP contribution in [0.4, 0.5) is 10.2 Å². The van der Waals surface area contributed by atoms with E-state index in [2.05, 4.69) is 45.4 Å². The van der Waals surface area contributed by atoms with Crippen molar-refractivity contribution in [2.75, 3.05) is 42.6 Å². The minimum absolute atomic E-state index is 0.130. The largest absolute Gasteiger partial charge is 0.488 e. The number of hydrogen-bond donors (Lipinski definition) is 1. The van der Waals surface area contributed by atoms with E-state index in [1.54, 1.807) is 7.11 Å². The number of aliphatic carboxylic acids is 1. The number of anilines is 1. The zero-order chi connectivity index (χ0) is 31.2. The second kappa shape index (κ2) is 15.0. The van der Waals surface area contributed by atoms with Gasteiger partial charge in [0.05, 0.1) is 17.7 Å². The van der Waals surface area contributed by atoms with Crippen LogP contribution in [0.15, 0.2) is 48.5 Å². The van der Waals surface area contributed by atoms with E-state index in [9.17, 15) is 9.90 Å². The monoisotopic (exact) mass is 715 g/mol. The maximum absolute atomic E-state index is 16.0. The van der Waals surface area contributed by atoms with E-state index in [0.717, 1.165) is 64.1 Å². The van der Waals surface area contributed by atoms with Crippen LogP contribution < -0.4 is 9.64 Å². The Balaban J connectivity index is 1.34. The van der Waals surface area contributed by atoms with E-state index in [4.69, 9.17) is 14.5 Å². The Hall–Kier alpha value is -2.76. The Labute approximate surface area is 273 Å². The van der Waals surface area contributed by atoms with Crippen molar-refractivity contribution < 1.29 is 23.8 Å². The summed E-state index contributed by atoms with van der Waals surface area (Å²) in [6.45, 7) is 7.25. The molecule has 7 nitrogen and oxygen atoms in total. The molecule has 3 atom stereocenters. The molecular formula is C35H43FIN3O4. The highest BCUT2D eigenvalue weighted by molar-refractivity contribution is 14.1. The number of carboxylic acid groups (broad SMARTS) is 1. The lowest BCUT2D eigenvalue weighted by molar-refractivity contribution is -0.147. The van der Waals surface area contributed by atoms with E-state index in [0.29, 0.717) is 43.3 Å².